The third kappa shape index (κ3) is 4.36. The number of hydrogen-bond donors (Lipinski definition) is 1. The van der Waals surface area contributed by atoms with Crippen molar-refractivity contribution in [3.8, 4) is 11.8 Å². The summed E-state index contributed by atoms with van der Waals surface area (Å²) in [5, 5.41) is 13.7. The number of H-pyrrole nitrogens is 1. The first-order valence-corrected chi connectivity index (χ1v) is 10.6. The first-order chi connectivity index (χ1) is 13.7. The fraction of sp³-hybridized carbons (Fsp3) is 0.591. The Balaban J connectivity index is 1.42. The van der Waals surface area contributed by atoms with Crippen LogP contribution in [0.1, 0.15) is 68.7 Å². The number of aromatic amines is 1. The number of benzene rings is 1. The number of nitriles is 1. The van der Waals surface area contributed by atoms with E-state index in [1.165, 1.54) is 43.2 Å². The molecule has 2 heterocycles. The quantitative estimate of drug-likeness (QED) is 0.861. The van der Waals surface area contributed by atoms with Crippen molar-refractivity contribution in [2.24, 2.45) is 5.92 Å². The van der Waals surface area contributed by atoms with E-state index in [1.807, 2.05) is 6.07 Å². The molecule has 1 aliphatic carbocycles. The summed E-state index contributed by atoms with van der Waals surface area (Å²) in [5.74, 6) is 1.95. The third-order valence-corrected chi connectivity index (χ3v) is 6.33. The second-order valence-electron chi connectivity index (χ2n) is 8.32. The summed E-state index contributed by atoms with van der Waals surface area (Å²) in [6.07, 6.45) is 10.5. The van der Waals surface area contributed by atoms with Gasteiger partial charge in [-0.05, 0) is 56.5 Å². The zero-order valence-electron chi connectivity index (χ0n) is 16.4. The molecule has 4 rings (SSSR count). The Morgan fingerprint density at radius 1 is 1.18 bits per heavy atom. The minimum absolute atomic E-state index is 0.232. The highest BCUT2D eigenvalue weighted by Crippen LogP contribution is 2.28. The number of hydrogen-bond acceptors (Lipinski definition) is 4. The fourth-order valence-electron chi connectivity index (χ4n) is 4.73. The Hall–Kier alpha value is -2.39. The zero-order valence-corrected chi connectivity index (χ0v) is 16.4. The lowest BCUT2D eigenvalue weighted by Crippen LogP contribution is -2.36. The van der Waals surface area contributed by atoms with E-state index >= 15 is 0 Å². The maximum Gasteiger partial charge on any atom is 0.348 e. The largest absolute Gasteiger partial charge is 0.348 e. The smallest absolute Gasteiger partial charge is 0.303 e. The molecule has 0 amide bonds. The monoisotopic (exact) mass is 379 g/mol. The molecule has 6 heteroatoms. The molecule has 2 fully saturated rings. The summed E-state index contributed by atoms with van der Waals surface area (Å²) >= 11 is 0. The van der Waals surface area contributed by atoms with Crippen LogP contribution in [0.25, 0.3) is 5.69 Å². The van der Waals surface area contributed by atoms with Gasteiger partial charge >= 0.3 is 5.69 Å². The van der Waals surface area contributed by atoms with E-state index in [1.54, 1.807) is 18.2 Å². The van der Waals surface area contributed by atoms with Crippen molar-refractivity contribution in [1.82, 2.24) is 19.7 Å². The second-order valence-corrected chi connectivity index (χ2v) is 8.32. The van der Waals surface area contributed by atoms with Crippen molar-refractivity contribution in [1.29, 1.82) is 5.26 Å². The molecule has 1 saturated heterocycles. The Morgan fingerprint density at radius 2 is 2.04 bits per heavy atom. The lowest BCUT2D eigenvalue weighted by molar-refractivity contribution is 0.182. The van der Waals surface area contributed by atoms with E-state index in [-0.39, 0.29) is 11.6 Å². The third-order valence-electron chi connectivity index (χ3n) is 6.33. The molecular weight excluding hydrogens is 350 g/mol. The normalized spacial score (nSPS) is 21.5. The SMILES string of the molecule is N#Cc1cccc(-n2nc(C3CCCN(CCC4CCCCC4)C3)[nH]c2=O)c1. The van der Waals surface area contributed by atoms with Crippen molar-refractivity contribution >= 4 is 0 Å². The highest BCUT2D eigenvalue weighted by Gasteiger charge is 2.25. The standard InChI is InChI=1S/C22H29N5O/c23-15-18-8-4-10-20(14-18)27-22(28)24-21(25-27)19-9-5-12-26(16-19)13-11-17-6-2-1-3-7-17/h4,8,10,14,17,19H,1-3,5-7,9,11-13,16H2,(H,24,25,28). The molecule has 6 nitrogen and oxygen atoms in total. The molecule has 1 aliphatic heterocycles. The van der Waals surface area contributed by atoms with Crippen molar-refractivity contribution < 1.29 is 0 Å². The molecule has 0 radical (unpaired) electrons. The van der Waals surface area contributed by atoms with Gasteiger partial charge in [-0.2, -0.15) is 9.94 Å². The molecule has 2 aromatic rings. The van der Waals surface area contributed by atoms with Gasteiger partial charge < -0.3 is 4.90 Å². The van der Waals surface area contributed by atoms with Gasteiger partial charge in [0.25, 0.3) is 0 Å². The fourth-order valence-corrected chi connectivity index (χ4v) is 4.73. The molecule has 1 unspecified atom stereocenters. The molecule has 2 aliphatic rings. The van der Waals surface area contributed by atoms with Crippen LogP contribution in [-0.4, -0.2) is 39.3 Å². The van der Waals surface area contributed by atoms with Crippen LogP contribution in [0.2, 0.25) is 0 Å². The van der Waals surface area contributed by atoms with E-state index in [0.29, 0.717) is 11.3 Å². The predicted octanol–water partition coefficient (Wildman–Crippen LogP) is 3.58. The van der Waals surface area contributed by atoms with Crippen LogP contribution in [0.3, 0.4) is 0 Å². The van der Waals surface area contributed by atoms with Crippen molar-refractivity contribution in [2.45, 2.75) is 57.3 Å². The number of piperidine rings is 1. The van der Waals surface area contributed by atoms with Crippen LogP contribution < -0.4 is 5.69 Å². The summed E-state index contributed by atoms with van der Waals surface area (Å²) in [4.78, 5) is 18.0. The summed E-state index contributed by atoms with van der Waals surface area (Å²) in [6, 6.07) is 9.13. The van der Waals surface area contributed by atoms with Crippen LogP contribution in [-0.2, 0) is 0 Å². The van der Waals surface area contributed by atoms with Gasteiger partial charge in [0.05, 0.1) is 17.3 Å². The maximum absolute atomic E-state index is 12.4. The average Bonchev–Trinajstić information content (AvgIpc) is 3.15. The number of rotatable bonds is 5. The predicted molar refractivity (Wildman–Crippen MR) is 109 cm³/mol. The topological polar surface area (TPSA) is 77.7 Å². The van der Waals surface area contributed by atoms with E-state index in [0.717, 1.165) is 44.2 Å². The molecule has 1 aromatic carbocycles. The van der Waals surface area contributed by atoms with Crippen molar-refractivity contribution in [2.75, 3.05) is 19.6 Å². The summed E-state index contributed by atoms with van der Waals surface area (Å²) < 4.78 is 1.39. The van der Waals surface area contributed by atoms with Gasteiger partial charge in [0.2, 0.25) is 0 Å². The Bertz CT molecular complexity index is 887. The van der Waals surface area contributed by atoms with Crippen LogP contribution in [0.5, 0.6) is 0 Å². The number of likely N-dealkylation sites (tertiary alicyclic amines) is 1. The van der Waals surface area contributed by atoms with E-state index < -0.39 is 0 Å². The van der Waals surface area contributed by atoms with Gasteiger partial charge in [-0.1, -0.05) is 38.2 Å². The molecular formula is C22H29N5O. The Kier molecular flexibility index (Phi) is 5.92. The lowest BCUT2D eigenvalue weighted by Gasteiger charge is -2.33. The zero-order chi connectivity index (χ0) is 19.3. The number of nitrogens with one attached hydrogen (secondary N) is 1. The highest BCUT2D eigenvalue weighted by molar-refractivity contribution is 5.40. The highest BCUT2D eigenvalue weighted by atomic mass is 16.1. The van der Waals surface area contributed by atoms with Crippen LogP contribution in [0.15, 0.2) is 29.1 Å². The maximum atomic E-state index is 12.4. The van der Waals surface area contributed by atoms with Gasteiger partial charge in [-0.3, -0.25) is 4.98 Å². The number of nitrogens with zero attached hydrogens (tertiary/aromatic N) is 4. The van der Waals surface area contributed by atoms with E-state index in [9.17, 15) is 4.79 Å². The Morgan fingerprint density at radius 3 is 2.86 bits per heavy atom. The molecule has 148 valence electrons. The summed E-state index contributed by atoms with van der Waals surface area (Å²) in [5.41, 5.74) is 0.932. The molecule has 1 atom stereocenters. The molecule has 1 saturated carbocycles. The van der Waals surface area contributed by atoms with Crippen molar-refractivity contribution in [3.05, 3.63) is 46.1 Å². The molecule has 1 aromatic heterocycles. The van der Waals surface area contributed by atoms with Gasteiger partial charge in [0.1, 0.15) is 5.82 Å². The van der Waals surface area contributed by atoms with E-state index in [4.69, 9.17) is 5.26 Å². The summed E-state index contributed by atoms with van der Waals surface area (Å²) in [7, 11) is 0. The lowest BCUT2D eigenvalue weighted by atomic mass is 9.86. The molecule has 0 spiro atoms. The second kappa shape index (κ2) is 8.74. The molecule has 28 heavy (non-hydrogen) atoms. The molecule has 1 N–H and O–H groups in total. The minimum Gasteiger partial charge on any atom is -0.303 e. The van der Waals surface area contributed by atoms with Gasteiger partial charge in [0, 0.05) is 12.5 Å². The minimum atomic E-state index is -0.232. The van der Waals surface area contributed by atoms with E-state index in [2.05, 4.69) is 21.1 Å². The average molecular weight is 380 g/mol. The van der Waals surface area contributed by atoms with Crippen LogP contribution in [0.4, 0.5) is 0 Å². The van der Waals surface area contributed by atoms with Gasteiger partial charge in [0.15, 0.2) is 0 Å². The number of aromatic nitrogens is 3. The van der Waals surface area contributed by atoms with Crippen molar-refractivity contribution in [3.63, 3.8) is 0 Å². The van der Waals surface area contributed by atoms with Gasteiger partial charge in [-0.25, -0.2) is 4.79 Å². The van der Waals surface area contributed by atoms with Crippen LogP contribution in [0, 0.1) is 17.2 Å². The first kappa shape index (κ1) is 18.9. The summed E-state index contributed by atoms with van der Waals surface area (Å²) in [6.45, 7) is 3.28. The first-order valence-electron chi connectivity index (χ1n) is 10.6. The Labute approximate surface area is 166 Å². The molecule has 0 bridgehead atoms. The van der Waals surface area contributed by atoms with Gasteiger partial charge in [-0.15, -0.1) is 5.10 Å². The van der Waals surface area contributed by atoms with Crippen LogP contribution >= 0.6 is 0 Å².